The third-order valence-electron chi connectivity index (χ3n) is 5.42. The largest absolute Gasteiger partial charge is 0.368 e. The first-order chi connectivity index (χ1) is 10.5. The summed E-state index contributed by atoms with van der Waals surface area (Å²) in [5, 5.41) is 10.3. The van der Waals surface area contributed by atoms with Crippen molar-refractivity contribution in [2.75, 3.05) is 0 Å². The Morgan fingerprint density at radius 1 is 1.41 bits per heavy atom. The van der Waals surface area contributed by atoms with Gasteiger partial charge in [0.15, 0.2) is 6.29 Å². The van der Waals surface area contributed by atoms with Crippen LogP contribution in [-0.4, -0.2) is 17.5 Å². The van der Waals surface area contributed by atoms with E-state index in [0.717, 1.165) is 18.4 Å². The highest BCUT2D eigenvalue weighted by Gasteiger charge is 2.40. The van der Waals surface area contributed by atoms with E-state index in [2.05, 4.69) is 45.6 Å². The van der Waals surface area contributed by atoms with Crippen LogP contribution in [-0.2, 0) is 4.74 Å². The number of ether oxygens (including phenoxy) is 1. The van der Waals surface area contributed by atoms with Gasteiger partial charge in [-0.15, -0.1) is 0 Å². The van der Waals surface area contributed by atoms with Crippen molar-refractivity contribution in [1.82, 2.24) is 0 Å². The lowest BCUT2D eigenvalue weighted by atomic mass is 9.66. The molecule has 0 saturated heterocycles. The summed E-state index contributed by atoms with van der Waals surface area (Å²) in [5.74, 6) is 1.73. The minimum Gasteiger partial charge on any atom is -0.368 e. The fourth-order valence-corrected chi connectivity index (χ4v) is 3.83. The van der Waals surface area contributed by atoms with Crippen LogP contribution < -0.4 is 0 Å². The maximum absolute atomic E-state index is 10.3. The molecule has 0 radical (unpaired) electrons. The lowest BCUT2D eigenvalue weighted by molar-refractivity contribution is -0.178. The predicted molar refractivity (Wildman–Crippen MR) is 92.4 cm³/mol. The zero-order chi connectivity index (χ0) is 16.3. The number of hydrogen-bond acceptors (Lipinski definition) is 2. The van der Waals surface area contributed by atoms with Crippen molar-refractivity contribution in [2.45, 2.75) is 65.8 Å². The van der Waals surface area contributed by atoms with Crippen LogP contribution in [0, 0.1) is 23.7 Å². The Morgan fingerprint density at radius 3 is 2.77 bits per heavy atom. The first-order valence-corrected chi connectivity index (χ1v) is 8.89. The van der Waals surface area contributed by atoms with Gasteiger partial charge in [-0.25, -0.2) is 0 Å². The van der Waals surface area contributed by atoms with E-state index in [-0.39, 0.29) is 12.0 Å². The zero-order valence-electron chi connectivity index (χ0n) is 14.6. The summed E-state index contributed by atoms with van der Waals surface area (Å²) in [6, 6.07) is 0. The Labute approximate surface area is 136 Å². The first-order valence-electron chi connectivity index (χ1n) is 8.89. The highest BCUT2D eigenvalue weighted by Crippen LogP contribution is 2.44. The minimum atomic E-state index is -0.675. The maximum atomic E-state index is 10.3. The van der Waals surface area contributed by atoms with E-state index in [1.54, 1.807) is 0 Å². The van der Waals surface area contributed by atoms with Crippen LogP contribution in [0.3, 0.4) is 0 Å². The molecule has 0 fully saturated rings. The van der Waals surface area contributed by atoms with Crippen LogP contribution in [0.15, 0.2) is 36.0 Å². The van der Waals surface area contributed by atoms with Gasteiger partial charge >= 0.3 is 0 Å². The number of rotatable bonds is 6. The molecule has 22 heavy (non-hydrogen) atoms. The molecule has 2 heteroatoms. The van der Waals surface area contributed by atoms with Gasteiger partial charge in [-0.3, -0.25) is 0 Å². The van der Waals surface area contributed by atoms with Crippen molar-refractivity contribution in [2.24, 2.45) is 23.7 Å². The van der Waals surface area contributed by atoms with E-state index >= 15 is 0 Å². The van der Waals surface area contributed by atoms with Gasteiger partial charge in [0.2, 0.25) is 0 Å². The predicted octanol–water partition coefficient (Wildman–Crippen LogP) is 4.86. The van der Waals surface area contributed by atoms with Gasteiger partial charge in [0.05, 0.1) is 6.10 Å². The third-order valence-corrected chi connectivity index (χ3v) is 5.42. The molecule has 0 aromatic rings. The summed E-state index contributed by atoms with van der Waals surface area (Å²) in [6.07, 6.45) is 10.3. The Balaban J connectivity index is 2.24. The smallest absolute Gasteiger partial charge is 0.157 e. The molecule has 2 rings (SSSR count). The summed E-state index contributed by atoms with van der Waals surface area (Å²) in [5.41, 5.74) is 2.45. The fraction of sp³-hybridized carbons (Fsp3) is 0.700. The molecule has 0 aliphatic heterocycles. The number of hydrogen-bond donors (Lipinski definition) is 1. The topological polar surface area (TPSA) is 29.5 Å². The molecule has 0 aromatic heterocycles. The van der Waals surface area contributed by atoms with E-state index in [0.29, 0.717) is 17.8 Å². The van der Waals surface area contributed by atoms with Crippen LogP contribution in [0.1, 0.15) is 53.4 Å². The molecule has 6 atom stereocenters. The number of aliphatic hydroxyl groups is 1. The average molecular weight is 304 g/mol. The lowest BCUT2D eigenvalue weighted by Crippen LogP contribution is -2.41. The highest BCUT2D eigenvalue weighted by molar-refractivity contribution is 5.38. The summed E-state index contributed by atoms with van der Waals surface area (Å²) in [6.45, 7) is 12.8. The Kier molecular flexibility index (Phi) is 6.05. The van der Waals surface area contributed by atoms with Gasteiger partial charge < -0.3 is 9.84 Å². The van der Waals surface area contributed by atoms with Crippen molar-refractivity contribution in [3.8, 4) is 0 Å². The van der Waals surface area contributed by atoms with Gasteiger partial charge in [0.25, 0.3) is 0 Å². The van der Waals surface area contributed by atoms with Crippen molar-refractivity contribution < 1.29 is 9.84 Å². The molecule has 1 unspecified atom stereocenters. The second-order valence-electron chi connectivity index (χ2n) is 7.15. The van der Waals surface area contributed by atoms with Gasteiger partial charge in [-0.1, -0.05) is 64.5 Å². The highest BCUT2D eigenvalue weighted by atomic mass is 16.6. The molecule has 0 heterocycles. The lowest BCUT2D eigenvalue weighted by Gasteiger charge is -2.43. The Hall–Kier alpha value is -0.860. The van der Waals surface area contributed by atoms with Crippen molar-refractivity contribution in [1.29, 1.82) is 0 Å². The molecule has 1 N–H and O–H groups in total. The molecular formula is C20H32O2. The summed E-state index contributed by atoms with van der Waals surface area (Å²) in [7, 11) is 0. The standard InChI is InChI=1S/C20H32O2/c1-6-8-17-15(5)9-10-16-11-13(3)12-18(19(16)17)22-20(21)14(4)7-2/h9-11,14-15,17-21H,3,6-8,12H2,1-2,4-5H3/t14-,15-,17-,18-,19-,20?/m0/s1. The normalized spacial score (nSPS) is 34.0. The number of allylic oxidation sites excluding steroid dienone is 3. The monoisotopic (exact) mass is 304 g/mol. The fourth-order valence-electron chi connectivity index (χ4n) is 3.83. The Bertz CT molecular complexity index is 449. The summed E-state index contributed by atoms with van der Waals surface area (Å²) >= 11 is 0. The molecular weight excluding hydrogens is 272 g/mol. The van der Waals surface area contributed by atoms with E-state index in [1.807, 2.05) is 6.92 Å². The summed E-state index contributed by atoms with van der Waals surface area (Å²) in [4.78, 5) is 0. The van der Waals surface area contributed by atoms with Gasteiger partial charge in [0.1, 0.15) is 0 Å². The minimum absolute atomic E-state index is 0.0560. The molecule has 0 aromatic carbocycles. The van der Waals surface area contributed by atoms with Crippen molar-refractivity contribution in [3.63, 3.8) is 0 Å². The van der Waals surface area contributed by atoms with Crippen LogP contribution >= 0.6 is 0 Å². The summed E-state index contributed by atoms with van der Waals surface area (Å²) < 4.78 is 6.13. The second kappa shape index (κ2) is 7.61. The van der Waals surface area contributed by atoms with Crippen LogP contribution in [0.2, 0.25) is 0 Å². The quantitative estimate of drug-likeness (QED) is 0.710. The van der Waals surface area contributed by atoms with Crippen LogP contribution in [0.25, 0.3) is 0 Å². The van der Waals surface area contributed by atoms with Crippen molar-refractivity contribution in [3.05, 3.63) is 36.0 Å². The van der Waals surface area contributed by atoms with Crippen LogP contribution in [0.4, 0.5) is 0 Å². The molecule has 0 saturated carbocycles. The van der Waals surface area contributed by atoms with Gasteiger partial charge in [-0.2, -0.15) is 0 Å². The van der Waals surface area contributed by atoms with E-state index in [9.17, 15) is 5.11 Å². The molecule has 2 aliphatic rings. The molecule has 2 nitrogen and oxygen atoms in total. The Morgan fingerprint density at radius 2 is 2.14 bits per heavy atom. The molecule has 0 bridgehead atoms. The second-order valence-corrected chi connectivity index (χ2v) is 7.15. The van der Waals surface area contributed by atoms with E-state index < -0.39 is 6.29 Å². The number of fused-ring (bicyclic) bond motifs is 1. The van der Waals surface area contributed by atoms with Crippen molar-refractivity contribution >= 4 is 0 Å². The molecule has 2 aliphatic carbocycles. The van der Waals surface area contributed by atoms with Gasteiger partial charge in [-0.05, 0) is 36.7 Å². The molecule has 0 amide bonds. The third kappa shape index (κ3) is 3.72. The van der Waals surface area contributed by atoms with Crippen LogP contribution in [0.5, 0.6) is 0 Å². The SMILES string of the molecule is C=C1C=C2C=C[C@H](C)[C@H](CCC)[C@H]2[C@@H](OC(O)[C@@H](C)CC)C1. The number of aliphatic hydroxyl groups excluding tert-OH is 1. The maximum Gasteiger partial charge on any atom is 0.157 e. The average Bonchev–Trinajstić information content (AvgIpc) is 2.49. The van der Waals surface area contributed by atoms with E-state index in [1.165, 1.54) is 18.4 Å². The zero-order valence-corrected chi connectivity index (χ0v) is 14.6. The van der Waals surface area contributed by atoms with Gasteiger partial charge in [0, 0.05) is 11.8 Å². The molecule has 0 spiro atoms. The first kappa shape index (κ1) is 17.5. The van der Waals surface area contributed by atoms with E-state index in [4.69, 9.17) is 4.74 Å². The molecule has 124 valence electrons.